The van der Waals surface area contributed by atoms with Crippen LogP contribution in [-0.2, 0) is 0 Å². The zero-order valence-electron chi connectivity index (χ0n) is 9.46. The van der Waals surface area contributed by atoms with Gasteiger partial charge in [0.05, 0.1) is 12.2 Å². The lowest BCUT2D eigenvalue weighted by molar-refractivity contribution is 0.292. The van der Waals surface area contributed by atoms with E-state index in [1.54, 1.807) is 0 Å². The Morgan fingerprint density at radius 1 is 1.40 bits per heavy atom. The molecule has 0 fully saturated rings. The van der Waals surface area contributed by atoms with Gasteiger partial charge in [-0.05, 0) is 12.3 Å². The summed E-state index contributed by atoms with van der Waals surface area (Å²) in [6, 6.07) is 0. The van der Waals surface area contributed by atoms with Crippen molar-refractivity contribution >= 4 is 11.6 Å². The van der Waals surface area contributed by atoms with Crippen LogP contribution in [0.4, 0.5) is 0 Å². The van der Waals surface area contributed by atoms with Crippen molar-refractivity contribution < 1.29 is 4.74 Å². The van der Waals surface area contributed by atoms with E-state index in [-0.39, 0.29) is 5.92 Å². The van der Waals surface area contributed by atoms with E-state index in [1.165, 1.54) is 6.33 Å². The summed E-state index contributed by atoms with van der Waals surface area (Å²) >= 11 is 6.01. The highest BCUT2D eigenvalue weighted by Crippen LogP contribution is 2.29. The molecule has 0 radical (unpaired) electrons. The SMILES string of the molecule is CCCCOc1ncnc(Cl)c1C(C)C. The lowest BCUT2D eigenvalue weighted by Crippen LogP contribution is -2.04. The first-order valence-corrected chi connectivity index (χ1v) is 5.67. The molecule has 4 heteroatoms. The van der Waals surface area contributed by atoms with E-state index in [4.69, 9.17) is 16.3 Å². The van der Waals surface area contributed by atoms with Crippen LogP contribution >= 0.6 is 11.6 Å². The van der Waals surface area contributed by atoms with Crippen LogP contribution in [0.2, 0.25) is 5.15 Å². The second kappa shape index (κ2) is 5.91. The lowest BCUT2D eigenvalue weighted by Gasteiger charge is -2.12. The van der Waals surface area contributed by atoms with Crippen LogP contribution in [0.5, 0.6) is 5.88 Å². The number of rotatable bonds is 5. The van der Waals surface area contributed by atoms with Gasteiger partial charge in [0.25, 0.3) is 0 Å². The van der Waals surface area contributed by atoms with Gasteiger partial charge in [-0.15, -0.1) is 0 Å². The molecule has 0 bridgehead atoms. The second-order valence-electron chi connectivity index (χ2n) is 3.74. The normalized spacial score (nSPS) is 10.7. The Hall–Kier alpha value is -0.830. The third-order valence-corrected chi connectivity index (χ3v) is 2.41. The highest BCUT2D eigenvalue weighted by atomic mass is 35.5. The topological polar surface area (TPSA) is 35.0 Å². The van der Waals surface area contributed by atoms with Crippen LogP contribution in [0.15, 0.2) is 6.33 Å². The molecule has 0 aliphatic heterocycles. The molecule has 0 spiro atoms. The fraction of sp³-hybridized carbons (Fsp3) is 0.636. The van der Waals surface area contributed by atoms with Gasteiger partial charge >= 0.3 is 0 Å². The summed E-state index contributed by atoms with van der Waals surface area (Å²) in [4.78, 5) is 8.08. The molecule has 84 valence electrons. The average Bonchev–Trinajstić information content (AvgIpc) is 2.17. The largest absolute Gasteiger partial charge is 0.477 e. The van der Waals surface area contributed by atoms with Crippen molar-refractivity contribution in [3.8, 4) is 5.88 Å². The van der Waals surface area contributed by atoms with Crippen LogP contribution in [0.3, 0.4) is 0 Å². The summed E-state index contributed by atoms with van der Waals surface area (Å²) in [7, 11) is 0. The maximum absolute atomic E-state index is 6.01. The molecule has 0 atom stereocenters. The molecular formula is C11H17ClN2O. The molecule has 1 rings (SSSR count). The van der Waals surface area contributed by atoms with E-state index in [1.807, 2.05) is 0 Å². The zero-order valence-corrected chi connectivity index (χ0v) is 10.2. The summed E-state index contributed by atoms with van der Waals surface area (Å²) in [6.45, 7) is 6.91. The Labute approximate surface area is 95.8 Å². The molecule has 0 N–H and O–H groups in total. The molecule has 0 aliphatic carbocycles. The Balaban J connectivity index is 2.81. The number of unbranched alkanes of at least 4 members (excludes halogenated alkanes) is 1. The first kappa shape index (κ1) is 12.2. The van der Waals surface area contributed by atoms with Gasteiger partial charge in [0.15, 0.2) is 0 Å². The lowest BCUT2D eigenvalue weighted by atomic mass is 10.1. The van der Waals surface area contributed by atoms with E-state index < -0.39 is 0 Å². The van der Waals surface area contributed by atoms with Gasteiger partial charge in [-0.1, -0.05) is 38.8 Å². The zero-order chi connectivity index (χ0) is 11.3. The number of hydrogen-bond donors (Lipinski definition) is 0. The molecule has 1 aromatic heterocycles. The molecule has 0 saturated heterocycles. The van der Waals surface area contributed by atoms with Crippen molar-refractivity contribution in [1.82, 2.24) is 9.97 Å². The molecule has 1 aromatic rings. The Morgan fingerprint density at radius 2 is 2.13 bits per heavy atom. The van der Waals surface area contributed by atoms with Gasteiger partial charge in [0, 0.05) is 0 Å². The van der Waals surface area contributed by atoms with Crippen molar-refractivity contribution in [2.75, 3.05) is 6.61 Å². The van der Waals surface area contributed by atoms with E-state index in [9.17, 15) is 0 Å². The fourth-order valence-electron chi connectivity index (χ4n) is 1.27. The van der Waals surface area contributed by atoms with Gasteiger partial charge in [0.1, 0.15) is 11.5 Å². The van der Waals surface area contributed by atoms with Gasteiger partial charge in [0.2, 0.25) is 5.88 Å². The van der Waals surface area contributed by atoms with E-state index in [2.05, 4.69) is 30.7 Å². The summed E-state index contributed by atoms with van der Waals surface area (Å²) < 4.78 is 5.58. The highest BCUT2D eigenvalue weighted by molar-refractivity contribution is 6.30. The molecule has 0 saturated carbocycles. The van der Waals surface area contributed by atoms with Crippen LogP contribution in [0.1, 0.15) is 45.1 Å². The predicted molar refractivity (Wildman–Crippen MR) is 61.5 cm³/mol. The number of nitrogens with zero attached hydrogens (tertiary/aromatic N) is 2. The molecular weight excluding hydrogens is 212 g/mol. The monoisotopic (exact) mass is 228 g/mol. The van der Waals surface area contributed by atoms with E-state index in [0.29, 0.717) is 17.6 Å². The fourth-order valence-corrected chi connectivity index (χ4v) is 1.62. The Morgan fingerprint density at radius 3 is 2.73 bits per heavy atom. The van der Waals surface area contributed by atoms with Gasteiger partial charge in [-0.2, -0.15) is 0 Å². The van der Waals surface area contributed by atoms with Crippen molar-refractivity contribution in [1.29, 1.82) is 0 Å². The molecule has 15 heavy (non-hydrogen) atoms. The first-order chi connectivity index (χ1) is 7.16. The minimum absolute atomic E-state index is 0.273. The maximum atomic E-state index is 6.01. The van der Waals surface area contributed by atoms with Crippen LogP contribution in [0, 0.1) is 0 Å². The highest BCUT2D eigenvalue weighted by Gasteiger charge is 2.14. The molecule has 3 nitrogen and oxygen atoms in total. The summed E-state index contributed by atoms with van der Waals surface area (Å²) in [5, 5.41) is 0.492. The van der Waals surface area contributed by atoms with E-state index >= 15 is 0 Å². The van der Waals surface area contributed by atoms with E-state index in [0.717, 1.165) is 18.4 Å². The summed E-state index contributed by atoms with van der Waals surface area (Å²) in [6.07, 6.45) is 3.57. The third kappa shape index (κ3) is 3.34. The minimum Gasteiger partial charge on any atom is -0.477 e. The number of ether oxygens (including phenoxy) is 1. The molecule has 0 aliphatic rings. The molecule has 0 aromatic carbocycles. The van der Waals surface area contributed by atoms with Gasteiger partial charge in [-0.3, -0.25) is 0 Å². The number of hydrogen-bond acceptors (Lipinski definition) is 3. The summed E-state index contributed by atoms with van der Waals surface area (Å²) in [5.41, 5.74) is 0.898. The van der Waals surface area contributed by atoms with Crippen molar-refractivity contribution in [3.63, 3.8) is 0 Å². The Kier molecular flexibility index (Phi) is 4.82. The van der Waals surface area contributed by atoms with Crippen LogP contribution in [0.25, 0.3) is 0 Å². The Bertz CT molecular complexity index is 315. The standard InChI is InChI=1S/C11H17ClN2O/c1-4-5-6-15-11-9(8(2)3)10(12)13-7-14-11/h7-8H,4-6H2,1-3H3. The van der Waals surface area contributed by atoms with Gasteiger partial charge < -0.3 is 4.74 Å². The van der Waals surface area contributed by atoms with Crippen LogP contribution in [-0.4, -0.2) is 16.6 Å². The maximum Gasteiger partial charge on any atom is 0.221 e. The van der Waals surface area contributed by atoms with Crippen molar-refractivity contribution in [3.05, 3.63) is 17.0 Å². The third-order valence-electron chi connectivity index (χ3n) is 2.11. The minimum atomic E-state index is 0.273. The molecule has 0 unspecified atom stereocenters. The smallest absolute Gasteiger partial charge is 0.221 e. The number of halogens is 1. The van der Waals surface area contributed by atoms with Crippen LogP contribution < -0.4 is 4.74 Å². The second-order valence-corrected chi connectivity index (χ2v) is 4.10. The van der Waals surface area contributed by atoms with Crippen molar-refractivity contribution in [2.24, 2.45) is 0 Å². The molecule has 0 amide bonds. The summed E-state index contributed by atoms with van der Waals surface area (Å²) in [5.74, 6) is 0.897. The molecule has 1 heterocycles. The average molecular weight is 229 g/mol. The quantitative estimate of drug-likeness (QED) is 0.572. The number of aromatic nitrogens is 2. The van der Waals surface area contributed by atoms with Crippen molar-refractivity contribution in [2.45, 2.75) is 39.5 Å². The van der Waals surface area contributed by atoms with Gasteiger partial charge in [-0.25, -0.2) is 9.97 Å². The predicted octanol–water partition coefficient (Wildman–Crippen LogP) is 3.43. The first-order valence-electron chi connectivity index (χ1n) is 5.30.